The van der Waals surface area contributed by atoms with Crippen LogP contribution in [-0.4, -0.2) is 68.9 Å². The predicted molar refractivity (Wildman–Crippen MR) is 57.7 cm³/mol. The number of aliphatic hydroxyl groups is 1. The molecule has 1 rings (SSSR count). The van der Waals surface area contributed by atoms with E-state index in [-0.39, 0.29) is 25.5 Å². The number of rotatable bonds is 4. The number of hydrogen-bond donors (Lipinski definition) is 2. The Morgan fingerprint density at radius 1 is 1.41 bits per heavy atom. The van der Waals surface area contributed by atoms with Gasteiger partial charge >= 0.3 is 18.9 Å². The van der Waals surface area contributed by atoms with Crippen molar-refractivity contribution in [2.24, 2.45) is 0 Å². The van der Waals surface area contributed by atoms with Crippen molar-refractivity contribution in [2.45, 2.75) is 6.92 Å². The average molecular weight is 262 g/mol. The fourth-order valence-corrected chi connectivity index (χ4v) is 1.51. The molecule has 0 spiro atoms. The Hall–Kier alpha value is 0.347. The second kappa shape index (κ2) is 11.4. The monoisotopic (exact) mass is 262 g/mol. The zero-order valence-corrected chi connectivity index (χ0v) is 11.2. The van der Waals surface area contributed by atoms with Gasteiger partial charge in [0.2, 0.25) is 10.4 Å². The average Bonchev–Trinajstić information content (AvgIpc) is 2.19. The molecule has 2 N–H and O–H groups in total. The molecule has 0 aromatic rings. The zero-order chi connectivity index (χ0) is 12.4. The number of piperazine rings is 1. The zero-order valence-electron chi connectivity index (χ0n) is 10.4. The molecule has 9 heteroatoms. The first kappa shape index (κ1) is 19.7. The van der Waals surface area contributed by atoms with Crippen molar-refractivity contribution in [2.75, 3.05) is 45.9 Å². The summed E-state index contributed by atoms with van der Waals surface area (Å²) >= 11 is 0. The van der Waals surface area contributed by atoms with Gasteiger partial charge in [0.15, 0.2) is 0 Å². The van der Waals surface area contributed by atoms with Gasteiger partial charge in [-0.25, -0.2) is 8.42 Å². The summed E-state index contributed by atoms with van der Waals surface area (Å²) in [7, 11) is -4.42. The van der Waals surface area contributed by atoms with E-state index < -0.39 is 10.4 Å². The molecule has 0 atom stereocenters. The fourth-order valence-electron chi connectivity index (χ4n) is 1.22. The summed E-state index contributed by atoms with van der Waals surface area (Å²) in [6.07, 6.45) is 0. The third kappa shape index (κ3) is 14.3. The first-order valence-electron chi connectivity index (χ1n) is 5.13. The predicted octanol–water partition coefficient (Wildman–Crippen LogP) is -4.63. The molecule has 17 heavy (non-hydrogen) atoms. The van der Waals surface area contributed by atoms with Crippen molar-refractivity contribution in [3.63, 3.8) is 0 Å². The summed E-state index contributed by atoms with van der Waals surface area (Å²) < 4.78 is 32.0. The van der Waals surface area contributed by atoms with Crippen LogP contribution in [0.4, 0.5) is 0 Å². The van der Waals surface area contributed by atoms with Crippen LogP contribution >= 0.6 is 0 Å². The molecule has 1 aliphatic heterocycles. The van der Waals surface area contributed by atoms with Crippen molar-refractivity contribution >= 4 is 10.4 Å². The van der Waals surface area contributed by atoms with Gasteiger partial charge in [-0.2, -0.15) is 0 Å². The van der Waals surface area contributed by atoms with Crippen LogP contribution < -0.4 is 24.2 Å². The number of nitrogens with zero attached hydrogens (tertiary/aromatic N) is 1. The fraction of sp³-hybridized carbons (Fsp3) is 1.00. The molecule has 0 aromatic carbocycles. The number of aliphatic hydroxyl groups excluding tert-OH is 1. The maximum Gasteiger partial charge on any atom is 1.00 e. The number of nitrogens with one attached hydrogen (secondary N) is 1. The van der Waals surface area contributed by atoms with E-state index in [1.54, 1.807) is 0 Å². The van der Waals surface area contributed by atoms with Crippen LogP contribution in [0.5, 0.6) is 0 Å². The quantitative estimate of drug-likeness (QED) is 0.298. The van der Waals surface area contributed by atoms with Gasteiger partial charge in [-0.1, -0.05) is 0 Å². The van der Waals surface area contributed by atoms with Crippen LogP contribution in [0, 0.1) is 0 Å². The minimum absolute atomic E-state index is 0. The second-order valence-corrected chi connectivity index (χ2v) is 4.18. The molecule has 0 bridgehead atoms. The summed E-state index contributed by atoms with van der Waals surface area (Å²) in [5.41, 5.74) is 0. The molecule has 0 amide bonds. The van der Waals surface area contributed by atoms with Crippen LogP contribution in [0.3, 0.4) is 0 Å². The van der Waals surface area contributed by atoms with E-state index in [9.17, 15) is 13.0 Å². The van der Waals surface area contributed by atoms with Crippen LogP contribution in [0.2, 0.25) is 0 Å². The summed E-state index contributed by atoms with van der Waals surface area (Å²) in [5, 5.41) is 11.8. The van der Waals surface area contributed by atoms with E-state index in [1.807, 2.05) is 0 Å². The molecule has 7 nitrogen and oxygen atoms in total. The maximum absolute atomic E-state index is 9.45. The Morgan fingerprint density at radius 3 is 2.24 bits per heavy atom. The van der Waals surface area contributed by atoms with Crippen LogP contribution in [0.1, 0.15) is 6.92 Å². The van der Waals surface area contributed by atoms with Crippen LogP contribution in [0.25, 0.3) is 0 Å². The number of β-amino-alcohol motifs (C(OH)–C–C–N with tert-alkyl or cyclic N) is 1. The van der Waals surface area contributed by atoms with Gasteiger partial charge in [0, 0.05) is 32.7 Å². The third-order valence-corrected chi connectivity index (χ3v) is 2.41. The Morgan fingerprint density at radius 2 is 1.94 bits per heavy atom. The van der Waals surface area contributed by atoms with Gasteiger partial charge in [0.1, 0.15) is 0 Å². The van der Waals surface area contributed by atoms with Gasteiger partial charge < -0.3 is 15.0 Å². The van der Waals surface area contributed by atoms with Crippen molar-refractivity contribution in [3.8, 4) is 0 Å². The molecule has 1 heterocycles. The van der Waals surface area contributed by atoms with Gasteiger partial charge in [-0.15, -0.1) is 0 Å². The van der Waals surface area contributed by atoms with Crippen molar-refractivity contribution < 1.29 is 41.1 Å². The standard InChI is InChI=1S/C6H14N2O.C2H6O4S.Li/c9-6-5-8-3-1-7-2-4-8;1-2-6-7(3,4)5;/h7,9H,1-6H2;2H2,1H3,(H,3,4,5);/q;;+1/p-1. The van der Waals surface area contributed by atoms with E-state index in [4.69, 9.17) is 5.11 Å². The minimum Gasteiger partial charge on any atom is -0.726 e. The second-order valence-electron chi connectivity index (χ2n) is 3.13. The topological polar surface area (TPSA) is 102 Å². The Kier molecular flexibility index (Phi) is 13.2. The van der Waals surface area contributed by atoms with Gasteiger partial charge in [0.05, 0.1) is 13.2 Å². The molecule has 0 unspecified atom stereocenters. The van der Waals surface area contributed by atoms with Gasteiger partial charge in [0.25, 0.3) is 0 Å². The largest absolute Gasteiger partial charge is 1.00 e. The number of hydrogen-bond acceptors (Lipinski definition) is 7. The summed E-state index contributed by atoms with van der Waals surface area (Å²) in [6.45, 7) is 6.77. The third-order valence-electron chi connectivity index (χ3n) is 1.89. The van der Waals surface area contributed by atoms with Crippen molar-refractivity contribution in [1.82, 2.24) is 10.2 Å². The molecular formula is C8H19LiN2O5S. The molecule has 0 saturated carbocycles. The van der Waals surface area contributed by atoms with E-state index >= 15 is 0 Å². The molecule has 98 valence electrons. The SMILES string of the molecule is CCOS(=O)(=O)[O-].OCCN1CCNCC1.[Li+]. The van der Waals surface area contributed by atoms with Crippen molar-refractivity contribution in [1.29, 1.82) is 0 Å². The van der Waals surface area contributed by atoms with Crippen LogP contribution in [0.15, 0.2) is 0 Å². The maximum atomic E-state index is 9.45. The van der Waals surface area contributed by atoms with Gasteiger partial charge in [-0.3, -0.25) is 9.08 Å². The van der Waals surface area contributed by atoms with E-state index in [1.165, 1.54) is 6.92 Å². The normalized spacial score (nSPS) is 16.6. The first-order valence-corrected chi connectivity index (χ1v) is 6.47. The Bertz CT molecular complexity index is 254. The summed E-state index contributed by atoms with van der Waals surface area (Å²) in [5.74, 6) is 0. The summed E-state index contributed by atoms with van der Waals surface area (Å²) in [4.78, 5) is 2.26. The molecule has 0 radical (unpaired) electrons. The summed E-state index contributed by atoms with van der Waals surface area (Å²) in [6, 6.07) is 0. The van der Waals surface area contributed by atoms with Crippen LogP contribution in [-0.2, 0) is 14.6 Å². The first-order chi connectivity index (χ1) is 7.49. The molecule has 0 aromatic heterocycles. The van der Waals surface area contributed by atoms with E-state index in [0.29, 0.717) is 6.61 Å². The Balaban J connectivity index is 0. The molecular weight excluding hydrogens is 243 g/mol. The van der Waals surface area contributed by atoms with E-state index in [2.05, 4.69) is 14.4 Å². The van der Waals surface area contributed by atoms with Crippen molar-refractivity contribution in [3.05, 3.63) is 0 Å². The molecule has 1 fully saturated rings. The molecule has 1 saturated heterocycles. The Labute approximate surface area is 115 Å². The minimum atomic E-state index is -4.42. The smallest absolute Gasteiger partial charge is 0.726 e. The molecule has 1 aliphatic rings. The van der Waals surface area contributed by atoms with E-state index in [0.717, 1.165) is 32.7 Å². The van der Waals surface area contributed by atoms with Gasteiger partial charge in [-0.05, 0) is 6.92 Å². The molecule has 0 aliphatic carbocycles.